The highest BCUT2D eigenvalue weighted by Crippen LogP contribution is 2.30. The minimum absolute atomic E-state index is 0.00621. The maximum atomic E-state index is 13.4. The van der Waals surface area contributed by atoms with Gasteiger partial charge in [-0.1, -0.05) is 54.6 Å². The summed E-state index contributed by atoms with van der Waals surface area (Å²) >= 11 is 0. The van der Waals surface area contributed by atoms with Gasteiger partial charge >= 0.3 is 0 Å². The van der Waals surface area contributed by atoms with Crippen molar-refractivity contribution >= 4 is 22.2 Å². The van der Waals surface area contributed by atoms with E-state index in [1.165, 1.54) is 0 Å². The maximum Gasteiger partial charge on any atom is 0.256 e. The van der Waals surface area contributed by atoms with Crippen LogP contribution < -0.4 is 0 Å². The van der Waals surface area contributed by atoms with Crippen molar-refractivity contribution in [1.29, 1.82) is 0 Å². The third-order valence-corrected chi connectivity index (χ3v) is 5.66. The van der Waals surface area contributed by atoms with Crippen LogP contribution >= 0.6 is 0 Å². The highest BCUT2D eigenvalue weighted by molar-refractivity contribution is 6.11. The molecular weight excluding hydrogens is 350 g/mol. The minimum Gasteiger partial charge on any atom is -0.394 e. The molecule has 1 N–H and O–H groups in total. The second-order valence-corrected chi connectivity index (χ2v) is 7.27. The van der Waals surface area contributed by atoms with Gasteiger partial charge in [-0.25, -0.2) is 4.98 Å². The Bertz CT molecular complexity index is 1170. The number of hydrogen-bond acceptors (Lipinski definition) is 3. The molecule has 2 aromatic carbocycles. The van der Waals surface area contributed by atoms with Crippen LogP contribution in [-0.2, 0) is 0 Å². The fraction of sp³-hybridized carbons (Fsp3) is 0.217. The normalized spacial score (nSPS) is 16.9. The standard InChI is InChI=1S/C23H21N3O2/c27-15-17-9-6-12-25(17)23(28)20-14-26-21(19-11-5-4-10-18(19)20)13-24-22(26)16-7-2-1-3-8-16/h1-5,7-8,10-11,13-14,17,27H,6,9,12,15H2. The Labute approximate surface area is 162 Å². The van der Waals surface area contributed by atoms with Crippen LogP contribution in [0.1, 0.15) is 23.2 Å². The molecule has 1 unspecified atom stereocenters. The average Bonchev–Trinajstić information content (AvgIpc) is 3.40. The number of nitrogens with zero attached hydrogens (tertiary/aromatic N) is 3. The number of likely N-dealkylation sites (tertiary alicyclic amines) is 1. The second kappa shape index (κ2) is 6.77. The van der Waals surface area contributed by atoms with Crippen LogP contribution in [0.2, 0.25) is 0 Å². The van der Waals surface area contributed by atoms with Gasteiger partial charge in [0.2, 0.25) is 0 Å². The Balaban J connectivity index is 1.75. The van der Waals surface area contributed by atoms with E-state index in [1.807, 2.05) is 76.3 Å². The third kappa shape index (κ3) is 2.59. The van der Waals surface area contributed by atoms with Crippen molar-refractivity contribution in [2.24, 2.45) is 0 Å². The zero-order chi connectivity index (χ0) is 19.1. The van der Waals surface area contributed by atoms with Gasteiger partial charge in [0.25, 0.3) is 5.91 Å². The van der Waals surface area contributed by atoms with Crippen molar-refractivity contribution in [2.75, 3.05) is 13.2 Å². The number of rotatable bonds is 3. The molecule has 140 valence electrons. The first-order valence-corrected chi connectivity index (χ1v) is 9.64. The Kier molecular flexibility index (Phi) is 4.10. The zero-order valence-electron chi connectivity index (χ0n) is 15.5. The van der Waals surface area contributed by atoms with Gasteiger partial charge in [0.1, 0.15) is 5.82 Å². The monoisotopic (exact) mass is 371 g/mol. The first kappa shape index (κ1) is 17.0. The van der Waals surface area contributed by atoms with E-state index < -0.39 is 0 Å². The van der Waals surface area contributed by atoms with E-state index in [4.69, 9.17) is 0 Å². The lowest BCUT2D eigenvalue weighted by atomic mass is 10.0. The van der Waals surface area contributed by atoms with Gasteiger partial charge in [0.15, 0.2) is 0 Å². The van der Waals surface area contributed by atoms with Gasteiger partial charge in [0.05, 0.1) is 29.9 Å². The predicted molar refractivity (Wildman–Crippen MR) is 109 cm³/mol. The summed E-state index contributed by atoms with van der Waals surface area (Å²) in [7, 11) is 0. The third-order valence-electron chi connectivity index (χ3n) is 5.66. The van der Waals surface area contributed by atoms with Crippen molar-refractivity contribution in [1.82, 2.24) is 14.3 Å². The van der Waals surface area contributed by atoms with E-state index in [2.05, 4.69) is 4.98 Å². The summed E-state index contributed by atoms with van der Waals surface area (Å²) in [5.41, 5.74) is 2.63. The summed E-state index contributed by atoms with van der Waals surface area (Å²) < 4.78 is 2.01. The summed E-state index contributed by atoms with van der Waals surface area (Å²) in [6.45, 7) is 0.693. The molecule has 4 aromatic rings. The number of pyridine rings is 1. The van der Waals surface area contributed by atoms with Crippen LogP contribution in [0.3, 0.4) is 0 Å². The molecule has 5 rings (SSSR count). The lowest BCUT2D eigenvalue weighted by Crippen LogP contribution is -2.37. The van der Waals surface area contributed by atoms with E-state index in [0.717, 1.165) is 40.5 Å². The number of carbonyl (C=O) groups is 1. The number of aliphatic hydroxyl groups is 1. The zero-order valence-corrected chi connectivity index (χ0v) is 15.5. The summed E-state index contributed by atoms with van der Waals surface area (Å²) in [6, 6.07) is 17.9. The van der Waals surface area contributed by atoms with Gasteiger partial charge < -0.3 is 10.0 Å². The lowest BCUT2D eigenvalue weighted by Gasteiger charge is -2.24. The number of aliphatic hydroxyl groups excluding tert-OH is 1. The summed E-state index contributed by atoms with van der Waals surface area (Å²) in [6.07, 6.45) is 5.55. The van der Waals surface area contributed by atoms with Crippen molar-refractivity contribution in [3.05, 3.63) is 72.6 Å². The molecule has 0 aliphatic carbocycles. The highest BCUT2D eigenvalue weighted by Gasteiger charge is 2.30. The largest absolute Gasteiger partial charge is 0.394 e. The molecule has 1 aliphatic heterocycles. The first-order chi connectivity index (χ1) is 13.8. The van der Waals surface area contributed by atoms with Crippen LogP contribution in [0.4, 0.5) is 0 Å². The lowest BCUT2D eigenvalue weighted by molar-refractivity contribution is 0.0679. The summed E-state index contributed by atoms with van der Waals surface area (Å²) in [4.78, 5) is 19.9. The van der Waals surface area contributed by atoms with E-state index in [-0.39, 0.29) is 18.6 Å². The van der Waals surface area contributed by atoms with Crippen LogP contribution in [0.5, 0.6) is 0 Å². The Morgan fingerprint density at radius 2 is 1.82 bits per heavy atom. The van der Waals surface area contributed by atoms with Gasteiger partial charge in [-0.15, -0.1) is 0 Å². The van der Waals surface area contributed by atoms with Gasteiger partial charge in [-0.3, -0.25) is 9.20 Å². The molecule has 0 radical (unpaired) electrons. The molecule has 5 heteroatoms. The molecule has 1 aliphatic rings. The number of benzene rings is 2. The fourth-order valence-corrected chi connectivity index (χ4v) is 4.25. The smallest absolute Gasteiger partial charge is 0.256 e. The Morgan fingerprint density at radius 1 is 1.07 bits per heavy atom. The SMILES string of the molecule is O=C(c1cn2c(-c3ccccc3)ncc2c2ccccc12)N1CCCC1CO. The predicted octanol–water partition coefficient (Wildman–Crippen LogP) is 3.75. The number of hydrogen-bond donors (Lipinski definition) is 1. The molecule has 1 atom stereocenters. The molecule has 1 fully saturated rings. The van der Waals surface area contributed by atoms with Crippen molar-refractivity contribution in [2.45, 2.75) is 18.9 Å². The molecule has 28 heavy (non-hydrogen) atoms. The summed E-state index contributed by atoms with van der Waals surface area (Å²) in [5, 5.41) is 11.6. The quantitative estimate of drug-likeness (QED) is 0.597. The number of aromatic nitrogens is 2. The topological polar surface area (TPSA) is 57.8 Å². The van der Waals surface area contributed by atoms with Crippen molar-refractivity contribution < 1.29 is 9.90 Å². The number of imidazole rings is 1. The molecule has 0 saturated carbocycles. The average molecular weight is 371 g/mol. The Hall–Kier alpha value is -3.18. The van der Waals surface area contributed by atoms with Crippen LogP contribution in [0, 0.1) is 0 Å². The van der Waals surface area contributed by atoms with E-state index in [0.29, 0.717) is 12.1 Å². The van der Waals surface area contributed by atoms with Gasteiger partial charge in [-0.05, 0) is 18.2 Å². The van der Waals surface area contributed by atoms with Crippen molar-refractivity contribution in [3.63, 3.8) is 0 Å². The van der Waals surface area contributed by atoms with E-state index in [9.17, 15) is 9.90 Å². The molecule has 3 heterocycles. The maximum absolute atomic E-state index is 13.4. The minimum atomic E-state index is -0.0988. The Morgan fingerprint density at radius 3 is 2.61 bits per heavy atom. The second-order valence-electron chi connectivity index (χ2n) is 7.27. The fourth-order valence-electron chi connectivity index (χ4n) is 4.25. The number of fused-ring (bicyclic) bond motifs is 3. The van der Waals surface area contributed by atoms with Crippen LogP contribution in [0.15, 0.2) is 67.0 Å². The molecule has 0 bridgehead atoms. The molecule has 5 nitrogen and oxygen atoms in total. The molecule has 1 saturated heterocycles. The molecule has 1 amide bonds. The van der Waals surface area contributed by atoms with Gasteiger partial charge in [-0.2, -0.15) is 0 Å². The van der Waals surface area contributed by atoms with Crippen molar-refractivity contribution in [3.8, 4) is 11.4 Å². The first-order valence-electron chi connectivity index (χ1n) is 9.64. The summed E-state index contributed by atoms with van der Waals surface area (Å²) in [5.74, 6) is 0.790. The number of amides is 1. The van der Waals surface area contributed by atoms with E-state index in [1.54, 1.807) is 0 Å². The molecular formula is C23H21N3O2. The molecule has 2 aromatic heterocycles. The number of carbonyl (C=O) groups excluding carboxylic acids is 1. The van der Waals surface area contributed by atoms with Crippen LogP contribution in [0.25, 0.3) is 27.7 Å². The highest BCUT2D eigenvalue weighted by atomic mass is 16.3. The van der Waals surface area contributed by atoms with Gasteiger partial charge in [0, 0.05) is 23.7 Å². The van der Waals surface area contributed by atoms with Crippen LogP contribution in [-0.4, -0.2) is 44.5 Å². The van der Waals surface area contributed by atoms with E-state index >= 15 is 0 Å². The molecule has 0 spiro atoms.